The lowest BCUT2D eigenvalue weighted by atomic mass is 10.1. The lowest BCUT2D eigenvalue weighted by Gasteiger charge is -2.15. The Morgan fingerprint density at radius 2 is 1.81 bits per heavy atom. The molecule has 5 rings (SSSR count). The van der Waals surface area contributed by atoms with Crippen LogP contribution in [-0.2, 0) is 0 Å². The van der Waals surface area contributed by atoms with Gasteiger partial charge in [0.05, 0.1) is 18.7 Å². The van der Waals surface area contributed by atoms with Crippen molar-refractivity contribution in [3.8, 4) is 28.3 Å². The highest BCUT2D eigenvalue weighted by Crippen LogP contribution is 2.30. The van der Waals surface area contributed by atoms with E-state index < -0.39 is 6.10 Å². The molecule has 1 saturated heterocycles. The van der Waals surface area contributed by atoms with E-state index in [4.69, 9.17) is 4.74 Å². The van der Waals surface area contributed by atoms with E-state index in [0.717, 1.165) is 28.0 Å². The third-order valence-corrected chi connectivity index (χ3v) is 5.65. The van der Waals surface area contributed by atoms with Crippen LogP contribution in [0.25, 0.3) is 33.7 Å². The summed E-state index contributed by atoms with van der Waals surface area (Å²) in [6, 6.07) is 17.2. The number of methoxy groups -OCH3 is 1. The zero-order valence-electron chi connectivity index (χ0n) is 17.5. The van der Waals surface area contributed by atoms with E-state index in [1.165, 1.54) is 0 Å². The molecule has 1 amide bonds. The van der Waals surface area contributed by atoms with E-state index in [1.807, 2.05) is 42.5 Å². The highest BCUT2D eigenvalue weighted by Gasteiger charge is 2.25. The number of fused-ring (bicyclic) bond motifs is 1. The number of hydrogen-bond donors (Lipinski definition) is 2. The molecule has 0 saturated carbocycles. The fraction of sp³-hybridized carbons (Fsp3) is 0.208. The third-order valence-electron chi connectivity index (χ3n) is 5.65. The predicted molar refractivity (Wildman–Crippen MR) is 125 cm³/mol. The van der Waals surface area contributed by atoms with Crippen LogP contribution in [-0.4, -0.2) is 57.2 Å². The average Bonchev–Trinajstić information content (AvgIpc) is 3.45. The summed E-state index contributed by atoms with van der Waals surface area (Å²) in [6.45, 7) is 0.981. The number of imidazole rings is 1. The lowest BCUT2D eigenvalue weighted by Crippen LogP contribution is -2.29. The summed E-state index contributed by atoms with van der Waals surface area (Å²) in [5, 5.41) is 9.67. The van der Waals surface area contributed by atoms with Crippen LogP contribution >= 0.6 is 12.4 Å². The number of carbonyl (C=O) groups excluding carboxylic acids is 1. The Hall–Kier alpha value is -3.42. The number of amides is 1. The van der Waals surface area contributed by atoms with Gasteiger partial charge in [-0.1, -0.05) is 24.3 Å². The van der Waals surface area contributed by atoms with Gasteiger partial charge in [-0.25, -0.2) is 9.97 Å². The number of β-amino-alcohol motifs (C(OH)–C–C–N with tert-alkyl or cyclic N) is 1. The minimum absolute atomic E-state index is 0. The molecule has 4 aromatic rings. The molecule has 1 unspecified atom stereocenters. The predicted octanol–water partition coefficient (Wildman–Crippen LogP) is 3.93. The molecule has 164 valence electrons. The van der Waals surface area contributed by atoms with Crippen molar-refractivity contribution in [3.05, 3.63) is 66.4 Å². The van der Waals surface area contributed by atoms with E-state index in [-0.39, 0.29) is 18.3 Å². The second kappa shape index (κ2) is 8.98. The summed E-state index contributed by atoms with van der Waals surface area (Å²) in [6.07, 6.45) is 1.96. The number of likely N-dealkylation sites (tertiary alicyclic amines) is 1. The second-order valence-electron chi connectivity index (χ2n) is 7.64. The number of carbonyl (C=O) groups is 1. The molecular formula is C24H23ClN4O3. The van der Waals surface area contributed by atoms with Crippen LogP contribution in [0.4, 0.5) is 0 Å². The molecule has 1 atom stereocenters. The topological polar surface area (TPSA) is 91.3 Å². The van der Waals surface area contributed by atoms with Crippen molar-refractivity contribution in [1.82, 2.24) is 19.9 Å². The van der Waals surface area contributed by atoms with Crippen molar-refractivity contribution in [2.24, 2.45) is 0 Å². The van der Waals surface area contributed by atoms with Crippen LogP contribution in [0.5, 0.6) is 5.75 Å². The maximum Gasteiger partial charge on any atom is 0.253 e. The first-order chi connectivity index (χ1) is 15.1. The quantitative estimate of drug-likeness (QED) is 0.491. The highest BCUT2D eigenvalue weighted by atomic mass is 35.5. The van der Waals surface area contributed by atoms with E-state index in [2.05, 4.69) is 15.0 Å². The summed E-state index contributed by atoms with van der Waals surface area (Å²) < 4.78 is 5.25. The van der Waals surface area contributed by atoms with Gasteiger partial charge >= 0.3 is 0 Å². The summed E-state index contributed by atoms with van der Waals surface area (Å²) >= 11 is 0. The fourth-order valence-corrected chi connectivity index (χ4v) is 3.94. The molecule has 2 aromatic carbocycles. The van der Waals surface area contributed by atoms with Crippen LogP contribution in [0.15, 0.2) is 60.8 Å². The molecule has 1 aliphatic rings. The molecule has 2 N–H and O–H groups in total. The number of aromatic nitrogens is 3. The number of pyridine rings is 1. The van der Waals surface area contributed by atoms with Crippen molar-refractivity contribution in [2.45, 2.75) is 12.5 Å². The van der Waals surface area contributed by atoms with Gasteiger partial charge in [-0.15, -0.1) is 12.4 Å². The van der Waals surface area contributed by atoms with E-state index >= 15 is 0 Å². The number of aromatic amines is 1. The number of nitrogens with one attached hydrogen (secondary N) is 1. The summed E-state index contributed by atoms with van der Waals surface area (Å²) in [5.74, 6) is 1.44. The number of H-pyrrole nitrogens is 1. The number of nitrogens with zero attached hydrogens (tertiary/aromatic N) is 3. The molecule has 0 radical (unpaired) electrons. The number of benzene rings is 2. The first-order valence-corrected chi connectivity index (χ1v) is 10.2. The Morgan fingerprint density at radius 1 is 1.09 bits per heavy atom. The number of halogens is 1. The van der Waals surface area contributed by atoms with Gasteiger partial charge in [-0.05, 0) is 42.3 Å². The number of rotatable bonds is 4. The van der Waals surface area contributed by atoms with Crippen LogP contribution in [0, 0.1) is 0 Å². The molecule has 0 aliphatic carbocycles. The van der Waals surface area contributed by atoms with Crippen molar-refractivity contribution < 1.29 is 14.6 Å². The van der Waals surface area contributed by atoms with Crippen molar-refractivity contribution in [3.63, 3.8) is 0 Å². The van der Waals surface area contributed by atoms with Gasteiger partial charge in [0, 0.05) is 36.0 Å². The van der Waals surface area contributed by atoms with E-state index in [1.54, 1.807) is 30.3 Å². The summed E-state index contributed by atoms with van der Waals surface area (Å²) in [7, 11) is 1.65. The second-order valence-corrected chi connectivity index (χ2v) is 7.64. The molecule has 0 spiro atoms. The smallest absolute Gasteiger partial charge is 0.253 e. The van der Waals surface area contributed by atoms with Crippen LogP contribution < -0.4 is 4.74 Å². The van der Waals surface area contributed by atoms with Gasteiger partial charge in [0.25, 0.3) is 5.91 Å². The zero-order chi connectivity index (χ0) is 21.4. The largest absolute Gasteiger partial charge is 0.497 e. The SMILES string of the molecule is COc1ccc(-c2ccnc3nc(-c4ccc(C(=O)N5CCC(O)C5)cc4)[nH]c23)cc1.Cl. The molecule has 1 aliphatic heterocycles. The average molecular weight is 451 g/mol. The highest BCUT2D eigenvalue weighted by molar-refractivity contribution is 5.95. The third kappa shape index (κ3) is 4.04. The van der Waals surface area contributed by atoms with Gasteiger partial charge < -0.3 is 19.7 Å². The number of hydrogen-bond acceptors (Lipinski definition) is 5. The Balaban J connectivity index is 0.00000245. The lowest BCUT2D eigenvalue weighted by molar-refractivity contribution is 0.0765. The maximum absolute atomic E-state index is 12.6. The number of aliphatic hydroxyl groups excluding tert-OH is 1. The minimum atomic E-state index is -0.425. The number of ether oxygens (including phenoxy) is 1. The van der Waals surface area contributed by atoms with Crippen LogP contribution in [0.3, 0.4) is 0 Å². The van der Waals surface area contributed by atoms with Gasteiger partial charge in [0.2, 0.25) is 0 Å². The normalized spacial score (nSPS) is 15.6. The standard InChI is InChI=1S/C24H22N4O3.ClH/c1-31-19-8-6-15(7-9-19)20-10-12-25-23-21(20)26-22(27-23)16-2-4-17(5-3-16)24(30)28-13-11-18(29)14-28;/h2-10,12,18,29H,11,13-14H2,1H3,(H,25,26,27);1H. The molecular weight excluding hydrogens is 428 g/mol. The van der Waals surface area contributed by atoms with Crippen molar-refractivity contribution in [1.29, 1.82) is 0 Å². The first-order valence-electron chi connectivity index (χ1n) is 10.2. The molecule has 32 heavy (non-hydrogen) atoms. The molecule has 1 fully saturated rings. The van der Waals surface area contributed by atoms with E-state index in [0.29, 0.717) is 36.5 Å². The molecule has 3 heterocycles. The van der Waals surface area contributed by atoms with Crippen LogP contribution in [0.2, 0.25) is 0 Å². The Bertz CT molecular complexity index is 1240. The molecule has 0 bridgehead atoms. The Kier molecular flexibility index (Phi) is 6.12. The molecule has 7 nitrogen and oxygen atoms in total. The van der Waals surface area contributed by atoms with Gasteiger partial charge in [-0.2, -0.15) is 0 Å². The Labute approximate surface area is 191 Å². The summed E-state index contributed by atoms with van der Waals surface area (Å²) in [5.41, 5.74) is 5.01. The monoisotopic (exact) mass is 450 g/mol. The van der Waals surface area contributed by atoms with Gasteiger partial charge in [0.1, 0.15) is 11.6 Å². The molecule has 8 heteroatoms. The minimum Gasteiger partial charge on any atom is -0.497 e. The van der Waals surface area contributed by atoms with Crippen molar-refractivity contribution >= 4 is 29.5 Å². The number of aliphatic hydroxyl groups is 1. The van der Waals surface area contributed by atoms with E-state index in [9.17, 15) is 9.90 Å². The van der Waals surface area contributed by atoms with Gasteiger partial charge in [-0.3, -0.25) is 4.79 Å². The first kappa shape index (κ1) is 21.8. The molecule has 2 aromatic heterocycles. The zero-order valence-corrected chi connectivity index (χ0v) is 18.3. The van der Waals surface area contributed by atoms with Crippen LogP contribution in [0.1, 0.15) is 16.8 Å². The fourth-order valence-electron chi connectivity index (χ4n) is 3.94. The maximum atomic E-state index is 12.6. The Morgan fingerprint density at radius 3 is 2.47 bits per heavy atom. The van der Waals surface area contributed by atoms with Gasteiger partial charge in [0.15, 0.2) is 5.65 Å². The van der Waals surface area contributed by atoms with Crippen molar-refractivity contribution in [2.75, 3.05) is 20.2 Å². The summed E-state index contributed by atoms with van der Waals surface area (Å²) in [4.78, 5) is 26.7.